The number of carboxylic acids is 1. The van der Waals surface area contributed by atoms with Crippen molar-refractivity contribution in [2.24, 2.45) is 11.3 Å². The highest BCUT2D eigenvalue weighted by Gasteiger charge is 2.55. The summed E-state index contributed by atoms with van der Waals surface area (Å²) in [6.07, 6.45) is 0.467. The number of ether oxygens (including phenoxy) is 1. The van der Waals surface area contributed by atoms with Gasteiger partial charge in [-0.2, -0.15) is 0 Å². The van der Waals surface area contributed by atoms with Crippen LogP contribution in [-0.4, -0.2) is 48.2 Å². The number of hydrogen-bond acceptors (Lipinski definition) is 3. The molecule has 124 valence electrons. The zero-order chi connectivity index (χ0) is 16.8. The van der Waals surface area contributed by atoms with Crippen LogP contribution in [0.25, 0.3) is 0 Å². The van der Waals surface area contributed by atoms with Crippen LogP contribution in [0.4, 0.5) is 0 Å². The fraction of sp³-hybridized carbons (Fsp3) is 0.529. The number of rotatable bonds is 2. The normalized spacial score (nSPS) is 26.9. The molecule has 0 bridgehead atoms. The van der Waals surface area contributed by atoms with Crippen molar-refractivity contribution in [3.8, 4) is 0 Å². The van der Waals surface area contributed by atoms with E-state index in [0.717, 1.165) is 15.6 Å². The number of likely N-dealkylation sites (tertiary alicyclic amines) is 1. The molecular formula is C17H20BrNO4. The Hall–Kier alpha value is -1.40. The summed E-state index contributed by atoms with van der Waals surface area (Å²) in [6.45, 7) is 5.41. The molecule has 5 nitrogen and oxygen atoms in total. The van der Waals surface area contributed by atoms with Crippen LogP contribution >= 0.6 is 15.9 Å². The summed E-state index contributed by atoms with van der Waals surface area (Å²) in [4.78, 5) is 26.4. The summed E-state index contributed by atoms with van der Waals surface area (Å²) < 4.78 is 6.41. The lowest BCUT2D eigenvalue weighted by molar-refractivity contribution is -0.157. The van der Waals surface area contributed by atoms with Crippen molar-refractivity contribution in [1.82, 2.24) is 4.90 Å². The van der Waals surface area contributed by atoms with Crippen LogP contribution in [0.15, 0.2) is 16.6 Å². The molecule has 2 saturated heterocycles. The molecule has 1 aromatic rings. The van der Waals surface area contributed by atoms with Gasteiger partial charge in [0.15, 0.2) is 0 Å². The summed E-state index contributed by atoms with van der Waals surface area (Å²) >= 11 is 3.47. The van der Waals surface area contributed by atoms with Gasteiger partial charge in [-0.25, -0.2) is 0 Å². The first kappa shape index (κ1) is 16.5. The maximum atomic E-state index is 12.9. The van der Waals surface area contributed by atoms with Crippen molar-refractivity contribution in [3.63, 3.8) is 0 Å². The molecule has 0 unspecified atom stereocenters. The first-order valence-corrected chi connectivity index (χ1v) is 8.51. The Balaban J connectivity index is 1.90. The number of aryl methyl sites for hydroxylation is 2. The third-order valence-electron chi connectivity index (χ3n) is 5.16. The topological polar surface area (TPSA) is 66.8 Å². The number of amides is 1. The number of nitrogens with zero attached hydrogens (tertiary/aromatic N) is 1. The van der Waals surface area contributed by atoms with Gasteiger partial charge in [0, 0.05) is 35.7 Å². The number of hydrogen-bond donors (Lipinski definition) is 1. The molecule has 0 spiro atoms. The molecule has 6 heteroatoms. The standard InChI is InChI=1S/C17H20BrNO4/c1-10-6-14(18)11(2)5-13(10)15(20)19-7-12-8-23-4-3-17(12,9-19)16(21)22/h5-6,12H,3-4,7-9H2,1-2H3,(H,21,22)/t12-,17+/m0/s1. The Morgan fingerprint density at radius 1 is 1.35 bits per heavy atom. The summed E-state index contributed by atoms with van der Waals surface area (Å²) in [7, 11) is 0. The van der Waals surface area contributed by atoms with Crippen LogP contribution in [0.3, 0.4) is 0 Å². The van der Waals surface area contributed by atoms with Crippen molar-refractivity contribution in [2.45, 2.75) is 20.3 Å². The number of fused-ring (bicyclic) bond motifs is 1. The van der Waals surface area contributed by atoms with Crippen molar-refractivity contribution in [2.75, 3.05) is 26.3 Å². The number of carbonyl (C=O) groups excluding carboxylic acids is 1. The molecule has 2 heterocycles. The lowest BCUT2D eigenvalue weighted by Gasteiger charge is -2.33. The van der Waals surface area contributed by atoms with Crippen molar-refractivity contribution >= 4 is 27.8 Å². The largest absolute Gasteiger partial charge is 0.481 e. The molecule has 1 N–H and O–H groups in total. The van der Waals surface area contributed by atoms with Gasteiger partial charge < -0.3 is 14.7 Å². The summed E-state index contributed by atoms with van der Waals surface area (Å²) in [5.41, 5.74) is 1.67. The Kier molecular flexibility index (Phi) is 4.23. The SMILES string of the molecule is Cc1cc(C(=O)N2C[C@H]3COCC[C@@]3(C(=O)O)C2)c(C)cc1Br. The van der Waals surface area contributed by atoms with Crippen LogP contribution in [-0.2, 0) is 9.53 Å². The van der Waals surface area contributed by atoms with Gasteiger partial charge in [-0.3, -0.25) is 9.59 Å². The third kappa shape index (κ3) is 2.68. The Labute approximate surface area is 143 Å². The summed E-state index contributed by atoms with van der Waals surface area (Å²) in [5.74, 6) is -1.03. The fourth-order valence-corrected chi connectivity index (χ4v) is 4.09. The zero-order valence-corrected chi connectivity index (χ0v) is 14.9. The average Bonchev–Trinajstić information content (AvgIpc) is 2.91. The van der Waals surface area contributed by atoms with E-state index in [1.807, 2.05) is 26.0 Å². The molecule has 1 aromatic carbocycles. The zero-order valence-electron chi connectivity index (χ0n) is 13.3. The van der Waals surface area contributed by atoms with E-state index in [-0.39, 0.29) is 18.4 Å². The van der Waals surface area contributed by atoms with Crippen LogP contribution in [0, 0.1) is 25.2 Å². The molecule has 1 amide bonds. The molecule has 0 aliphatic carbocycles. The van der Waals surface area contributed by atoms with E-state index < -0.39 is 11.4 Å². The molecule has 2 aliphatic heterocycles. The highest BCUT2D eigenvalue weighted by atomic mass is 79.9. The maximum Gasteiger partial charge on any atom is 0.311 e. The number of carboxylic acid groups (broad SMARTS) is 1. The molecule has 2 aliphatic rings. The molecule has 3 rings (SSSR count). The third-order valence-corrected chi connectivity index (χ3v) is 6.01. The number of halogens is 1. The highest BCUT2D eigenvalue weighted by molar-refractivity contribution is 9.10. The van der Waals surface area contributed by atoms with Gasteiger partial charge in [-0.15, -0.1) is 0 Å². The lowest BCUT2D eigenvalue weighted by atomic mass is 9.74. The minimum atomic E-state index is -0.855. The van der Waals surface area contributed by atoms with E-state index in [9.17, 15) is 14.7 Å². The minimum Gasteiger partial charge on any atom is -0.481 e. The predicted octanol–water partition coefficient (Wildman–Crippen LogP) is 2.63. The van der Waals surface area contributed by atoms with Crippen LogP contribution < -0.4 is 0 Å². The van der Waals surface area contributed by atoms with Crippen LogP contribution in [0.2, 0.25) is 0 Å². The first-order chi connectivity index (χ1) is 10.8. The molecular weight excluding hydrogens is 362 g/mol. The van der Waals surface area contributed by atoms with E-state index in [0.29, 0.717) is 31.7 Å². The Bertz CT molecular complexity index is 675. The van der Waals surface area contributed by atoms with E-state index in [1.165, 1.54) is 0 Å². The van der Waals surface area contributed by atoms with E-state index in [4.69, 9.17) is 4.74 Å². The first-order valence-electron chi connectivity index (χ1n) is 7.72. The molecule has 0 aromatic heterocycles. The monoisotopic (exact) mass is 381 g/mol. The molecule has 0 radical (unpaired) electrons. The molecule has 2 fully saturated rings. The van der Waals surface area contributed by atoms with Crippen LogP contribution in [0.5, 0.6) is 0 Å². The lowest BCUT2D eigenvalue weighted by Crippen LogP contribution is -2.45. The Morgan fingerprint density at radius 2 is 2.09 bits per heavy atom. The van der Waals surface area contributed by atoms with Crippen LogP contribution in [0.1, 0.15) is 27.9 Å². The van der Waals surface area contributed by atoms with Gasteiger partial charge in [-0.05, 0) is 43.5 Å². The van der Waals surface area contributed by atoms with Gasteiger partial charge in [-0.1, -0.05) is 15.9 Å². The van der Waals surface area contributed by atoms with Crippen molar-refractivity contribution < 1.29 is 19.4 Å². The fourth-order valence-electron chi connectivity index (χ4n) is 3.64. The highest BCUT2D eigenvalue weighted by Crippen LogP contribution is 2.43. The van der Waals surface area contributed by atoms with E-state index >= 15 is 0 Å². The van der Waals surface area contributed by atoms with Crippen molar-refractivity contribution in [3.05, 3.63) is 33.3 Å². The quantitative estimate of drug-likeness (QED) is 0.854. The van der Waals surface area contributed by atoms with Gasteiger partial charge in [0.1, 0.15) is 0 Å². The van der Waals surface area contributed by atoms with Gasteiger partial charge in [0.05, 0.1) is 12.0 Å². The number of carbonyl (C=O) groups is 2. The van der Waals surface area contributed by atoms with Gasteiger partial charge >= 0.3 is 5.97 Å². The van der Waals surface area contributed by atoms with E-state index in [2.05, 4.69) is 15.9 Å². The second kappa shape index (κ2) is 5.91. The molecule has 2 atom stereocenters. The van der Waals surface area contributed by atoms with E-state index in [1.54, 1.807) is 4.90 Å². The molecule has 23 heavy (non-hydrogen) atoms. The maximum absolute atomic E-state index is 12.9. The Morgan fingerprint density at radius 3 is 2.74 bits per heavy atom. The second-order valence-corrected chi connectivity index (χ2v) is 7.44. The second-order valence-electron chi connectivity index (χ2n) is 6.59. The predicted molar refractivity (Wildman–Crippen MR) is 88.5 cm³/mol. The molecule has 0 saturated carbocycles. The number of aliphatic carboxylic acids is 1. The smallest absolute Gasteiger partial charge is 0.311 e. The van der Waals surface area contributed by atoms with Gasteiger partial charge in [0.25, 0.3) is 5.91 Å². The summed E-state index contributed by atoms with van der Waals surface area (Å²) in [6, 6.07) is 3.80. The average molecular weight is 382 g/mol. The minimum absolute atomic E-state index is 0.0897. The number of benzene rings is 1. The van der Waals surface area contributed by atoms with Crippen molar-refractivity contribution in [1.29, 1.82) is 0 Å². The van der Waals surface area contributed by atoms with Gasteiger partial charge in [0.2, 0.25) is 0 Å². The summed E-state index contributed by atoms with van der Waals surface area (Å²) in [5, 5.41) is 9.70.